The van der Waals surface area contributed by atoms with E-state index in [1.807, 2.05) is 37.5 Å². The molecule has 0 saturated heterocycles. The summed E-state index contributed by atoms with van der Waals surface area (Å²) in [6.07, 6.45) is 1.74. The molecular formula is C22H23FN4OS. The van der Waals surface area contributed by atoms with Gasteiger partial charge < -0.3 is 5.32 Å². The second-order valence-electron chi connectivity index (χ2n) is 6.82. The smallest absolute Gasteiger partial charge is 0.234 e. The average Bonchev–Trinajstić information content (AvgIpc) is 3.06. The maximum atomic E-state index is 13.2. The zero-order chi connectivity index (χ0) is 21.0. The number of amides is 1. The highest BCUT2D eigenvalue weighted by Gasteiger charge is 2.16. The number of nitrogens with zero attached hydrogens (tertiary/aromatic N) is 3. The van der Waals surface area contributed by atoms with Crippen molar-refractivity contribution in [2.24, 2.45) is 0 Å². The number of allylic oxidation sites excluding steroid dienone is 1. The Morgan fingerprint density at radius 1 is 1.17 bits per heavy atom. The van der Waals surface area contributed by atoms with E-state index in [0.717, 1.165) is 22.4 Å². The van der Waals surface area contributed by atoms with E-state index >= 15 is 0 Å². The summed E-state index contributed by atoms with van der Waals surface area (Å²) in [4.78, 5) is 12.5. The Hall–Kier alpha value is -2.93. The van der Waals surface area contributed by atoms with Gasteiger partial charge in [-0.1, -0.05) is 35.5 Å². The summed E-state index contributed by atoms with van der Waals surface area (Å²) in [5, 5.41) is 12.0. The largest absolute Gasteiger partial charge is 0.325 e. The predicted octanol–water partition coefficient (Wildman–Crippen LogP) is 4.93. The number of carbonyl (C=O) groups excluding carboxylic acids is 1. The average molecular weight is 411 g/mol. The van der Waals surface area contributed by atoms with Gasteiger partial charge in [0.2, 0.25) is 5.91 Å². The molecule has 1 heterocycles. The third kappa shape index (κ3) is 4.92. The molecule has 0 aliphatic heterocycles. The van der Waals surface area contributed by atoms with Gasteiger partial charge in [-0.3, -0.25) is 9.36 Å². The number of anilines is 1. The van der Waals surface area contributed by atoms with E-state index in [0.29, 0.717) is 17.5 Å². The van der Waals surface area contributed by atoms with Crippen LogP contribution in [0.2, 0.25) is 0 Å². The van der Waals surface area contributed by atoms with Gasteiger partial charge >= 0.3 is 0 Å². The molecule has 0 saturated carbocycles. The van der Waals surface area contributed by atoms with Crippen molar-refractivity contribution >= 4 is 23.4 Å². The number of rotatable bonds is 7. The standard InChI is InChI=1S/C22H23FN4OS/c1-5-10-27-21(17-6-8-18(23)9-7-17)25-26-22(27)29-13-19(28)24-20-15(3)11-14(2)12-16(20)4/h5-9,11-12H,1,10,13H2,2-4H3,(H,24,28). The Morgan fingerprint density at radius 2 is 1.83 bits per heavy atom. The van der Waals surface area contributed by atoms with Crippen molar-refractivity contribution < 1.29 is 9.18 Å². The van der Waals surface area contributed by atoms with Gasteiger partial charge in [0.05, 0.1) is 5.75 Å². The van der Waals surface area contributed by atoms with Gasteiger partial charge in [-0.05, 0) is 56.2 Å². The van der Waals surface area contributed by atoms with Crippen LogP contribution in [0.15, 0.2) is 54.2 Å². The zero-order valence-corrected chi connectivity index (χ0v) is 17.5. The van der Waals surface area contributed by atoms with Crippen LogP contribution in [-0.4, -0.2) is 26.4 Å². The minimum Gasteiger partial charge on any atom is -0.325 e. The summed E-state index contributed by atoms with van der Waals surface area (Å²) in [5.74, 6) is 0.391. The second kappa shape index (κ2) is 9.05. The molecule has 0 aliphatic rings. The highest BCUT2D eigenvalue weighted by molar-refractivity contribution is 7.99. The number of thioether (sulfide) groups is 1. The fourth-order valence-electron chi connectivity index (χ4n) is 3.18. The fourth-order valence-corrected chi connectivity index (χ4v) is 3.93. The molecule has 0 atom stereocenters. The van der Waals surface area contributed by atoms with E-state index in [1.165, 1.54) is 29.5 Å². The normalized spacial score (nSPS) is 10.8. The molecule has 150 valence electrons. The van der Waals surface area contributed by atoms with E-state index < -0.39 is 0 Å². The monoisotopic (exact) mass is 410 g/mol. The highest BCUT2D eigenvalue weighted by atomic mass is 32.2. The van der Waals surface area contributed by atoms with Gasteiger partial charge in [0.1, 0.15) is 5.82 Å². The summed E-state index contributed by atoms with van der Waals surface area (Å²) >= 11 is 1.30. The lowest BCUT2D eigenvalue weighted by Gasteiger charge is -2.13. The number of hydrogen-bond donors (Lipinski definition) is 1. The number of halogens is 1. The van der Waals surface area contributed by atoms with Gasteiger partial charge in [-0.15, -0.1) is 16.8 Å². The van der Waals surface area contributed by atoms with Crippen molar-refractivity contribution in [3.63, 3.8) is 0 Å². The van der Waals surface area contributed by atoms with E-state index in [2.05, 4.69) is 22.1 Å². The molecule has 0 fully saturated rings. The van der Waals surface area contributed by atoms with Crippen LogP contribution in [-0.2, 0) is 11.3 Å². The minimum absolute atomic E-state index is 0.110. The van der Waals surface area contributed by atoms with Gasteiger partial charge in [0.15, 0.2) is 11.0 Å². The molecule has 5 nitrogen and oxygen atoms in total. The summed E-state index contributed by atoms with van der Waals surface area (Å²) in [6.45, 7) is 10.3. The van der Waals surface area contributed by atoms with Crippen LogP contribution in [0.4, 0.5) is 10.1 Å². The minimum atomic E-state index is -0.309. The number of benzene rings is 2. The molecule has 3 aromatic rings. The molecule has 29 heavy (non-hydrogen) atoms. The first-order valence-electron chi connectivity index (χ1n) is 9.19. The van der Waals surface area contributed by atoms with Gasteiger partial charge in [-0.25, -0.2) is 4.39 Å². The Balaban J connectivity index is 1.74. The van der Waals surface area contributed by atoms with Crippen molar-refractivity contribution in [2.75, 3.05) is 11.1 Å². The molecule has 1 amide bonds. The van der Waals surface area contributed by atoms with Crippen molar-refractivity contribution in [2.45, 2.75) is 32.5 Å². The fraction of sp³-hybridized carbons (Fsp3) is 0.227. The van der Waals surface area contributed by atoms with Crippen LogP contribution < -0.4 is 5.32 Å². The molecule has 7 heteroatoms. The molecule has 2 aromatic carbocycles. The molecule has 3 rings (SSSR count). The number of hydrogen-bond acceptors (Lipinski definition) is 4. The molecule has 1 N–H and O–H groups in total. The van der Waals surface area contributed by atoms with E-state index in [9.17, 15) is 9.18 Å². The third-order valence-corrected chi connectivity index (χ3v) is 5.37. The number of nitrogens with one attached hydrogen (secondary N) is 1. The molecule has 0 aliphatic carbocycles. The number of carbonyl (C=O) groups is 1. The lowest BCUT2D eigenvalue weighted by Crippen LogP contribution is -2.16. The SMILES string of the molecule is C=CCn1c(SCC(=O)Nc2c(C)cc(C)cc2C)nnc1-c1ccc(F)cc1. The van der Waals surface area contributed by atoms with Crippen molar-refractivity contribution in [1.82, 2.24) is 14.8 Å². The quantitative estimate of drug-likeness (QED) is 0.443. The first-order valence-corrected chi connectivity index (χ1v) is 10.2. The molecule has 0 radical (unpaired) electrons. The van der Waals surface area contributed by atoms with E-state index in [4.69, 9.17) is 0 Å². The predicted molar refractivity (Wildman–Crippen MR) is 116 cm³/mol. The molecule has 0 unspecified atom stereocenters. The van der Waals surface area contributed by atoms with Gasteiger partial charge in [0, 0.05) is 17.8 Å². The zero-order valence-electron chi connectivity index (χ0n) is 16.7. The number of aryl methyl sites for hydroxylation is 3. The summed E-state index contributed by atoms with van der Waals surface area (Å²) in [5.41, 5.74) is 4.84. The third-order valence-electron chi connectivity index (χ3n) is 4.40. The lowest BCUT2D eigenvalue weighted by molar-refractivity contribution is -0.113. The first-order chi connectivity index (χ1) is 13.9. The Morgan fingerprint density at radius 3 is 2.45 bits per heavy atom. The summed E-state index contributed by atoms with van der Waals surface area (Å²) < 4.78 is 15.1. The van der Waals surface area contributed by atoms with E-state index in [1.54, 1.807) is 18.2 Å². The molecule has 0 spiro atoms. The first kappa shape index (κ1) is 20.8. The Labute approximate surface area is 174 Å². The Bertz CT molecular complexity index is 1020. The highest BCUT2D eigenvalue weighted by Crippen LogP contribution is 2.26. The van der Waals surface area contributed by atoms with Crippen LogP contribution >= 0.6 is 11.8 Å². The number of aromatic nitrogens is 3. The maximum Gasteiger partial charge on any atom is 0.234 e. The van der Waals surface area contributed by atoms with Crippen molar-refractivity contribution in [3.05, 3.63) is 71.6 Å². The summed E-state index contributed by atoms with van der Waals surface area (Å²) in [6, 6.07) is 10.2. The van der Waals surface area contributed by atoms with Gasteiger partial charge in [0.25, 0.3) is 0 Å². The lowest BCUT2D eigenvalue weighted by atomic mass is 10.1. The molecule has 1 aromatic heterocycles. The van der Waals surface area contributed by atoms with Crippen LogP contribution in [0, 0.1) is 26.6 Å². The molecular weight excluding hydrogens is 387 g/mol. The van der Waals surface area contributed by atoms with Crippen LogP contribution in [0.5, 0.6) is 0 Å². The Kier molecular flexibility index (Phi) is 6.49. The van der Waals surface area contributed by atoms with Gasteiger partial charge in [-0.2, -0.15) is 0 Å². The van der Waals surface area contributed by atoms with E-state index in [-0.39, 0.29) is 17.5 Å². The van der Waals surface area contributed by atoms with Crippen molar-refractivity contribution in [3.8, 4) is 11.4 Å². The van der Waals surface area contributed by atoms with Crippen molar-refractivity contribution in [1.29, 1.82) is 0 Å². The second-order valence-corrected chi connectivity index (χ2v) is 7.77. The molecule has 0 bridgehead atoms. The van der Waals surface area contributed by atoms with Crippen LogP contribution in [0.1, 0.15) is 16.7 Å². The topological polar surface area (TPSA) is 59.8 Å². The summed E-state index contributed by atoms with van der Waals surface area (Å²) in [7, 11) is 0. The maximum absolute atomic E-state index is 13.2. The van der Waals surface area contributed by atoms with Crippen LogP contribution in [0.25, 0.3) is 11.4 Å². The van der Waals surface area contributed by atoms with Crippen LogP contribution in [0.3, 0.4) is 0 Å².